The van der Waals surface area contributed by atoms with Crippen molar-refractivity contribution in [3.05, 3.63) is 40.2 Å². The Morgan fingerprint density at radius 1 is 1.29 bits per heavy atom. The maximum Gasteiger partial charge on any atom is 0.337 e. The van der Waals surface area contributed by atoms with Gasteiger partial charge in [-0.1, -0.05) is 11.6 Å². The van der Waals surface area contributed by atoms with Crippen LogP contribution in [-0.2, 0) is 0 Å². The topological polar surface area (TPSA) is 107 Å². The van der Waals surface area contributed by atoms with E-state index in [2.05, 4.69) is 20.8 Å². The van der Waals surface area contributed by atoms with Gasteiger partial charge in [-0.3, -0.25) is 5.10 Å². The van der Waals surface area contributed by atoms with Gasteiger partial charge in [-0.15, -0.1) is 0 Å². The second-order valence-electron chi connectivity index (χ2n) is 4.39. The molecule has 1 aromatic carbocycles. The lowest BCUT2D eigenvalue weighted by atomic mass is 10.2. The van der Waals surface area contributed by atoms with Gasteiger partial charge in [0.15, 0.2) is 0 Å². The summed E-state index contributed by atoms with van der Waals surface area (Å²) in [5.74, 6) is -1.12. The molecular weight excluding hydrogens is 296 g/mol. The lowest BCUT2D eigenvalue weighted by Crippen LogP contribution is -2.20. The lowest BCUT2D eigenvalue weighted by molar-refractivity contribution is 0.0697. The molecule has 1 heterocycles. The second-order valence-corrected chi connectivity index (χ2v) is 4.80. The van der Waals surface area contributed by atoms with Crippen molar-refractivity contribution >= 4 is 35.0 Å². The molecule has 2 rings (SSSR count). The average molecular weight is 309 g/mol. The molecule has 0 aliphatic heterocycles. The largest absolute Gasteiger partial charge is 0.478 e. The number of benzene rings is 1. The van der Waals surface area contributed by atoms with Crippen LogP contribution in [0.5, 0.6) is 0 Å². The van der Waals surface area contributed by atoms with E-state index in [-0.39, 0.29) is 10.6 Å². The molecule has 110 valence electrons. The zero-order valence-electron chi connectivity index (χ0n) is 11.3. The second kappa shape index (κ2) is 5.84. The van der Waals surface area contributed by atoms with Crippen molar-refractivity contribution in [2.24, 2.45) is 0 Å². The molecule has 21 heavy (non-hydrogen) atoms. The number of aromatic amines is 1. The Hall–Kier alpha value is -2.54. The highest BCUT2D eigenvalue weighted by Gasteiger charge is 2.12. The maximum atomic E-state index is 11.9. The normalized spacial score (nSPS) is 10.2. The van der Waals surface area contributed by atoms with Gasteiger partial charge < -0.3 is 15.7 Å². The lowest BCUT2D eigenvalue weighted by Gasteiger charge is -2.09. The molecule has 0 fully saturated rings. The van der Waals surface area contributed by atoms with Gasteiger partial charge in [0.2, 0.25) is 0 Å². The number of aromatic carboxylic acids is 1. The molecule has 0 aliphatic rings. The van der Waals surface area contributed by atoms with Crippen molar-refractivity contribution in [1.82, 2.24) is 10.2 Å². The number of urea groups is 1. The molecule has 0 saturated carbocycles. The number of aromatic nitrogens is 2. The Kier molecular flexibility index (Phi) is 4.13. The number of carboxylic acids is 1. The van der Waals surface area contributed by atoms with E-state index >= 15 is 0 Å². The molecule has 2 aromatic rings. The zero-order chi connectivity index (χ0) is 15.6. The van der Waals surface area contributed by atoms with Gasteiger partial charge in [0.1, 0.15) is 0 Å². The number of carbonyl (C=O) groups excluding carboxylic acids is 1. The van der Waals surface area contributed by atoms with Crippen molar-refractivity contribution in [3.63, 3.8) is 0 Å². The fraction of sp³-hybridized carbons (Fsp3) is 0.154. The number of carboxylic acid groups (broad SMARTS) is 1. The van der Waals surface area contributed by atoms with E-state index in [1.165, 1.54) is 18.2 Å². The SMILES string of the molecule is Cc1n[nH]c(C)c1NC(=O)Nc1ccc(C(=O)O)c(Cl)c1. The van der Waals surface area contributed by atoms with Crippen LogP contribution in [0.3, 0.4) is 0 Å². The van der Waals surface area contributed by atoms with E-state index in [4.69, 9.17) is 16.7 Å². The van der Waals surface area contributed by atoms with Gasteiger partial charge in [-0.25, -0.2) is 9.59 Å². The summed E-state index contributed by atoms with van der Waals surface area (Å²) in [7, 11) is 0. The first-order chi connectivity index (χ1) is 9.88. The van der Waals surface area contributed by atoms with Gasteiger partial charge in [-0.05, 0) is 32.0 Å². The van der Waals surface area contributed by atoms with Crippen LogP contribution >= 0.6 is 11.6 Å². The van der Waals surface area contributed by atoms with Crippen molar-refractivity contribution in [1.29, 1.82) is 0 Å². The standard InChI is InChI=1S/C13H13ClN4O3/c1-6-11(7(2)18-17-6)16-13(21)15-8-3-4-9(12(19)20)10(14)5-8/h3-5H,1-2H3,(H,17,18)(H,19,20)(H2,15,16,21). The molecule has 4 N–H and O–H groups in total. The highest BCUT2D eigenvalue weighted by atomic mass is 35.5. The Morgan fingerprint density at radius 3 is 2.52 bits per heavy atom. The van der Waals surface area contributed by atoms with Gasteiger partial charge >= 0.3 is 12.0 Å². The monoisotopic (exact) mass is 308 g/mol. The van der Waals surface area contributed by atoms with Crippen LogP contribution in [0.2, 0.25) is 5.02 Å². The van der Waals surface area contributed by atoms with Crippen LogP contribution in [0.25, 0.3) is 0 Å². The predicted octanol–water partition coefficient (Wildman–Crippen LogP) is 3.02. The minimum atomic E-state index is -1.12. The number of hydrogen-bond donors (Lipinski definition) is 4. The maximum absolute atomic E-state index is 11.9. The fourth-order valence-electron chi connectivity index (χ4n) is 1.78. The summed E-state index contributed by atoms with van der Waals surface area (Å²) >= 11 is 5.83. The van der Waals surface area contributed by atoms with Gasteiger partial charge in [0.05, 0.1) is 27.7 Å². The third-order valence-electron chi connectivity index (χ3n) is 2.82. The molecule has 0 bridgehead atoms. The predicted molar refractivity (Wildman–Crippen MR) is 79.1 cm³/mol. The van der Waals surface area contributed by atoms with E-state index in [0.717, 1.165) is 5.69 Å². The van der Waals surface area contributed by atoms with Crippen molar-refractivity contribution in [2.75, 3.05) is 10.6 Å². The number of anilines is 2. The summed E-state index contributed by atoms with van der Waals surface area (Å²) < 4.78 is 0. The third kappa shape index (κ3) is 3.32. The molecule has 0 atom stereocenters. The quantitative estimate of drug-likeness (QED) is 0.699. The molecule has 0 aliphatic carbocycles. The van der Waals surface area contributed by atoms with Crippen LogP contribution in [-0.4, -0.2) is 27.3 Å². The molecule has 1 aromatic heterocycles. The Balaban J connectivity index is 2.10. The first kappa shape index (κ1) is 14.9. The zero-order valence-corrected chi connectivity index (χ0v) is 12.1. The Bertz CT molecular complexity index is 692. The summed E-state index contributed by atoms with van der Waals surface area (Å²) in [6.45, 7) is 3.55. The number of carbonyl (C=O) groups is 2. The molecule has 7 nitrogen and oxygen atoms in total. The Morgan fingerprint density at radius 2 is 2.00 bits per heavy atom. The first-order valence-electron chi connectivity index (χ1n) is 6.01. The smallest absolute Gasteiger partial charge is 0.337 e. The number of amides is 2. The molecular formula is C13H13ClN4O3. The van der Waals surface area contributed by atoms with Crippen molar-refractivity contribution < 1.29 is 14.7 Å². The number of aryl methyl sites for hydroxylation is 2. The van der Waals surface area contributed by atoms with Crippen molar-refractivity contribution in [3.8, 4) is 0 Å². The number of nitrogens with one attached hydrogen (secondary N) is 3. The first-order valence-corrected chi connectivity index (χ1v) is 6.38. The summed E-state index contributed by atoms with van der Waals surface area (Å²) in [6, 6.07) is 3.69. The fourth-order valence-corrected chi connectivity index (χ4v) is 2.04. The van der Waals surface area contributed by atoms with Gasteiger partial charge in [-0.2, -0.15) is 5.10 Å². The van der Waals surface area contributed by atoms with E-state index in [0.29, 0.717) is 17.1 Å². The summed E-state index contributed by atoms with van der Waals surface area (Å²) in [6.07, 6.45) is 0. The number of hydrogen-bond acceptors (Lipinski definition) is 3. The molecule has 0 unspecified atom stereocenters. The molecule has 0 spiro atoms. The van der Waals surface area contributed by atoms with Crippen LogP contribution < -0.4 is 10.6 Å². The molecule has 0 radical (unpaired) electrons. The average Bonchev–Trinajstić information content (AvgIpc) is 2.70. The number of H-pyrrole nitrogens is 1. The van der Waals surface area contributed by atoms with E-state index in [1.54, 1.807) is 13.8 Å². The minimum absolute atomic E-state index is 0.0239. The van der Waals surface area contributed by atoms with E-state index in [1.807, 2.05) is 0 Å². The molecule has 8 heteroatoms. The highest BCUT2D eigenvalue weighted by Crippen LogP contribution is 2.22. The third-order valence-corrected chi connectivity index (χ3v) is 3.14. The van der Waals surface area contributed by atoms with Gasteiger partial charge in [0, 0.05) is 5.69 Å². The van der Waals surface area contributed by atoms with Crippen LogP contribution in [0.4, 0.5) is 16.2 Å². The van der Waals surface area contributed by atoms with Crippen LogP contribution in [0.1, 0.15) is 21.7 Å². The summed E-state index contributed by atoms with van der Waals surface area (Å²) in [5, 5.41) is 20.9. The minimum Gasteiger partial charge on any atom is -0.478 e. The number of nitrogens with zero attached hydrogens (tertiary/aromatic N) is 1. The van der Waals surface area contributed by atoms with Crippen molar-refractivity contribution in [2.45, 2.75) is 13.8 Å². The Labute approximate surface area is 125 Å². The summed E-state index contributed by atoms with van der Waals surface area (Å²) in [5.41, 5.74) is 2.37. The molecule has 2 amide bonds. The number of halogens is 1. The van der Waals surface area contributed by atoms with Crippen LogP contribution in [0, 0.1) is 13.8 Å². The summed E-state index contributed by atoms with van der Waals surface area (Å²) in [4.78, 5) is 22.7. The van der Waals surface area contributed by atoms with E-state index < -0.39 is 12.0 Å². The molecule has 0 saturated heterocycles. The van der Waals surface area contributed by atoms with E-state index in [9.17, 15) is 9.59 Å². The highest BCUT2D eigenvalue weighted by molar-refractivity contribution is 6.33. The van der Waals surface area contributed by atoms with Crippen LogP contribution in [0.15, 0.2) is 18.2 Å². The van der Waals surface area contributed by atoms with Gasteiger partial charge in [0.25, 0.3) is 0 Å². The number of rotatable bonds is 3.